The maximum atomic E-state index is 10.8. The molecule has 2 N–H and O–H groups in total. The van der Waals surface area contributed by atoms with E-state index in [9.17, 15) is 5.11 Å². The van der Waals surface area contributed by atoms with Gasteiger partial charge in [0.15, 0.2) is 11.5 Å². The molecule has 0 amide bonds. The predicted molar refractivity (Wildman–Crippen MR) is 75.7 cm³/mol. The third-order valence-electron chi connectivity index (χ3n) is 4.14. The van der Waals surface area contributed by atoms with Crippen LogP contribution < -0.4 is 14.2 Å². The topological polar surface area (TPSA) is 71.4 Å². The normalized spacial score (nSPS) is 25.6. The summed E-state index contributed by atoms with van der Waals surface area (Å²) in [7, 11) is 1.87. The fourth-order valence-corrected chi connectivity index (χ4v) is 3.22. The Morgan fingerprint density at radius 2 is 1.90 bits per heavy atom. The molecule has 0 fully saturated rings. The zero-order chi connectivity index (χ0) is 15.2. The fraction of sp³-hybridized carbons (Fsp3) is 0.600. The number of nitrogens with zero attached hydrogens (tertiary/aromatic N) is 1. The molecule has 0 saturated carbocycles. The molecule has 6 heteroatoms. The Bertz CT molecular complexity index is 545. The van der Waals surface area contributed by atoms with Crippen LogP contribution in [0.25, 0.3) is 0 Å². The van der Waals surface area contributed by atoms with Crippen molar-refractivity contribution in [2.45, 2.75) is 31.6 Å². The van der Waals surface area contributed by atoms with Crippen molar-refractivity contribution in [3.63, 3.8) is 0 Å². The molecule has 0 aromatic heterocycles. The Labute approximate surface area is 123 Å². The molecule has 0 aliphatic carbocycles. The van der Waals surface area contributed by atoms with Crippen molar-refractivity contribution in [2.75, 3.05) is 27.0 Å². The van der Waals surface area contributed by atoms with Crippen LogP contribution in [0.15, 0.2) is 12.1 Å². The Morgan fingerprint density at radius 1 is 1.24 bits per heavy atom. The van der Waals surface area contributed by atoms with E-state index < -0.39 is 11.7 Å². The molecule has 0 saturated heterocycles. The van der Waals surface area contributed by atoms with Crippen molar-refractivity contribution >= 4 is 0 Å². The van der Waals surface area contributed by atoms with Crippen LogP contribution in [0.4, 0.5) is 0 Å². The van der Waals surface area contributed by atoms with Crippen molar-refractivity contribution in [3.05, 3.63) is 17.7 Å². The molecule has 2 atom stereocenters. The van der Waals surface area contributed by atoms with Gasteiger partial charge in [0.05, 0.1) is 12.6 Å². The molecule has 21 heavy (non-hydrogen) atoms. The molecule has 1 aromatic rings. The van der Waals surface area contributed by atoms with Crippen LogP contribution in [-0.4, -0.2) is 53.7 Å². The van der Waals surface area contributed by atoms with Crippen molar-refractivity contribution in [2.24, 2.45) is 0 Å². The van der Waals surface area contributed by atoms with Gasteiger partial charge in [-0.05, 0) is 27.0 Å². The number of hydrogen-bond acceptors (Lipinski definition) is 6. The maximum Gasteiger partial charge on any atom is 0.231 e. The third-order valence-corrected chi connectivity index (χ3v) is 4.14. The number of aliphatic hydroxyl groups is 2. The number of benzene rings is 1. The molecule has 0 spiro atoms. The molecule has 0 bridgehead atoms. The van der Waals surface area contributed by atoms with Crippen molar-refractivity contribution in [1.82, 2.24) is 4.90 Å². The molecule has 6 nitrogen and oxygen atoms in total. The van der Waals surface area contributed by atoms with E-state index in [4.69, 9.17) is 19.3 Å². The van der Waals surface area contributed by atoms with Gasteiger partial charge in [-0.1, -0.05) is 0 Å². The second-order valence-corrected chi connectivity index (χ2v) is 6.04. The number of rotatable bonds is 3. The van der Waals surface area contributed by atoms with E-state index in [1.54, 1.807) is 12.1 Å². The molecular formula is C15H21NO5. The number of ether oxygens (including phenoxy) is 3. The Balaban J connectivity index is 2.00. The van der Waals surface area contributed by atoms with Crippen LogP contribution in [0.5, 0.6) is 17.2 Å². The number of fused-ring (bicyclic) bond motifs is 2. The standard InChI is InChI=1S/C15H21NO5/c1-15(2)14(16(3)4-5-17)13(18)9-6-11-12(20-8-19-11)7-10(9)21-15/h6-7,13-14,17-18H,4-5,8H2,1-3H3. The summed E-state index contributed by atoms with van der Waals surface area (Å²) in [5, 5.41) is 19.9. The van der Waals surface area contributed by atoms with E-state index in [-0.39, 0.29) is 19.4 Å². The number of likely N-dealkylation sites (N-methyl/N-ethyl adjacent to an activating group) is 1. The van der Waals surface area contributed by atoms with Crippen LogP contribution in [0, 0.1) is 0 Å². The van der Waals surface area contributed by atoms with Crippen LogP contribution in [0.1, 0.15) is 25.5 Å². The summed E-state index contributed by atoms with van der Waals surface area (Å²) in [6, 6.07) is 3.28. The summed E-state index contributed by atoms with van der Waals surface area (Å²) in [5.41, 5.74) is 0.0951. The van der Waals surface area contributed by atoms with Crippen molar-refractivity contribution < 1.29 is 24.4 Å². The van der Waals surface area contributed by atoms with Gasteiger partial charge in [0.1, 0.15) is 17.5 Å². The van der Waals surface area contributed by atoms with Gasteiger partial charge in [0.2, 0.25) is 6.79 Å². The van der Waals surface area contributed by atoms with E-state index in [0.29, 0.717) is 29.4 Å². The molecule has 116 valence electrons. The molecule has 3 rings (SSSR count). The lowest BCUT2D eigenvalue weighted by Crippen LogP contribution is -2.57. The second-order valence-electron chi connectivity index (χ2n) is 6.04. The van der Waals surface area contributed by atoms with Crippen molar-refractivity contribution in [3.8, 4) is 17.2 Å². The molecule has 1 aromatic carbocycles. The predicted octanol–water partition coefficient (Wildman–Crippen LogP) is 0.912. The van der Waals surface area contributed by atoms with Gasteiger partial charge in [-0.2, -0.15) is 0 Å². The average Bonchev–Trinajstić information content (AvgIpc) is 2.83. The second kappa shape index (κ2) is 5.05. The minimum absolute atomic E-state index is 0.0315. The quantitative estimate of drug-likeness (QED) is 0.864. The van der Waals surface area contributed by atoms with E-state index in [1.165, 1.54) is 0 Å². The van der Waals surface area contributed by atoms with Crippen LogP contribution in [0.3, 0.4) is 0 Å². The Hall–Kier alpha value is -1.50. The molecule has 2 heterocycles. The first-order chi connectivity index (χ1) is 9.94. The summed E-state index contributed by atoms with van der Waals surface area (Å²) in [5.74, 6) is 1.88. The summed E-state index contributed by atoms with van der Waals surface area (Å²) in [6.07, 6.45) is -0.727. The van der Waals surface area contributed by atoms with Gasteiger partial charge in [0, 0.05) is 18.2 Å². The summed E-state index contributed by atoms with van der Waals surface area (Å²) < 4.78 is 16.8. The molecule has 2 aliphatic heterocycles. The van der Waals surface area contributed by atoms with Gasteiger partial charge in [-0.25, -0.2) is 0 Å². The largest absolute Gasteiger partial charge is 0.486 e. The fourth-order valence-electron chi connectivity index (χ4n) is 3.22. The maximum absolute atomic E-state index is 10.8. The monoisotopic (exact) mass is 295 g/mol. The average molecular weight is 295 g/mol. The molecule has 0 radical (unpaired) electrons. The van der Waals surface area contributed by atoms with Gasteiger partial charge in [0.25, 0.3) is 0 Å². The lowest BCUT2D eigenvalue weighted by molar-refractivity contribution is -0.0773. The van der Waals surface area contributed by atoms with Crippen LogP contribution >= 0.6 is 0 Å². The zero-order valence-corrected chi connectivity index (χ0v) is 12.5. The first-order valence-corrected chi connectivity index (χ1v) is 7.06. The highest BCUT2D eigenvalue weighted by Crippen LogP contribution is 2.47. The molecular weight excluding hydrogens is 274 g/mol. The number of aliphatic hydroxyl groups excluding tert-OH is 2. The zero-order valence-electron chi connectivity index (χ0n) is 12.5. The highest BCUT2D eigenvalue weighted by molar-refractivity contribution is 5.54. The summed E-state index contributed by atoms with van der Waals surface area (Å²) in [4.78, 5) is 1.91. The highest BCUT2D eigenvalue weighted by atomic mass is 16.7. The van der Waals surface area contributed by atoms with Gasteiger partial charge in [-0.15, -0.1) is 0 Å². The summed E-state index contributed by atoms with van der Waals surface area (Å²) in [6.45, 7) is 4.55. The van der Waals surface area contributed by atoms with Crippen LogP contribution in [0.2, 0.25) is 0 Å². The highest BCUT2D eigenvalue weighted by Gasteiger charge is 2.46. The first kappa shape index (κ1) is 14.4. The third kappa shape index (κ3) is 2.33. The van der Waals surface area contributed by atoms with Gasteiger partial charge >= 0.3 is 0 Å². The Kier molecular flexibility index (Phi) is 3.47. The lowest BCUT2D eigenvalue weighted by atomic mass is 9.85. The minimum Gasteiger partial charge on any atom is -0.486 e. The van der Waals surface area contributed by atoms with E-state index in [2.05, 4.69) is 0 Å². The van der Waals surface area contributed by atoms with E-state index in [0.717, 1.165) is 0 Å². The molecule has 2 unspecified atom stereocenters. The molecule has 2 aliphatic rings. The first-order valence-electron chi connectivity index (χ1n) is 7.06. The van der Waals surface area contributed by atoms with Gasteiger partial charge in [-0.3, -0.25) is 4.90 Å². The van der Waals surface area contributed by atoms with Crippen LogP contribution in [-0.2, 0) is 0 Å². The van der Waals surface area contributed by atoms with E-state index >= 15 is 0 Å². The minimum atomic E-state index is -0.727. The van der Waals surface area contributed by atoms with Crippen molar-refractivity contribution in [1.29, 1.82) is 0 Å². The lowest BCUT2D eigenvalue weighted by Gasteiger charge is -2.46. The number of hydrogen-bond donors (Lipinski definition) is 2. The Morgan fingerprint density at radius 3 is 2.57 bits per heavy atom. The van der Waals surface area contributed by atoms with E-state index in [1.807, 2.05) is 25.8 Å². The summed E-state index contributed by atoms with van der Waals surface area (Å²) >= 11 is 0. The SMILES string of the molecule is CN(CCO)C1C(O)c2cc3c(cc2OC1(C)C)OCO3. The smallest absolute Gasteiger partial charge is 0.231 e. The van der Waals surface area contributed by atoms with Gasteiger partial charge < -0.3 is 24.4 Å².